The Balaban J connectivity index is 1.94. The number of rotatable bonds is 4. The lowest BCUT2D eigenvalue weighted by atomic mass is 9.62. The summed E-state index contributed by atoms with van der Waals surface area (Å²) in [5.74, 6) is 0.846. The van der Waals surface area contributed by atoms with Gasteiger partial charge in [0.1, 0.15) is 0 Å². The number of fused-ring (bicyclic) bond motifs is 1. The van der Waals surface area contributed by atoms with E-state index < -0.39 is 0 Å². The number of hydrogen-bond acceptors (Lipinski definition) is 5. The molecule has 1 aliphatic heterocycles. The SMILES string of the molecule is COc1cc(/C=C2/SC(=O)NC2=O)cc(-c2cc3c(cc2C)C(C)(C)CCC3(C)C)c1OC. The van der Waals surface area contributed by atoms with Crippen LogP contribution in [0.4, 0.5) is 4.79 Å². The van der Waals surface area contributed by atoms with Gasteiger partial charge in [-0.1, -0.05) is 33.8 Å². The Bertz CT molecular complexity index is 1190. The van der Waals surface area contributed by atoms with Crippen LogP contribution in [0, 0.1) is 6.92 Å². The Morgan fingerprint density at radius 3 is 2.09 bits per heavy atom. The largest absolute Gasteiger partial charge is 0.493 e. The highest BCUT2D eigenvalue weighted by Crippen LogP contribution is 2.49. The van der Waals surface area contributed by atoms with Crippen molar-refractivity contribution < 1.29 is 19.1 Å². The number of benzene rings is 2. The summed E-state index contributed by atoms with van der Waals surface area (Å²) in [6, 6.07) is 8.45. The molecule has 174 valence electrons. The minimum atomic E-state index is -0.379. The molecule has 2 aromatic carbocycles. The highest BCUT2D eigenvalue weighted by atomic mass is 32.2. The lowest BCUT2D eigenvalue weighted by molar-refractivity contribution is -0.115. The van der Waals surface area contributed by atoms with E-state index in [0.717, 1.165) is 46.9 Å². The van der Waals surface area contributed by atoms with E-state index in [2.05, 4.69) is 52.1 Å². The number of carbonyl (C=O) groups excluding carboxylic acids is 2. The van der Waals surface area contributed by atoms with Crippen molar-refractivity contribution >= 4 is 29.0 Å². The standard InChI is InChI=1S/C27H31NO4S/c1-15-10-19-20(27(4,5)9-8-26(19,2)3)14-17(15)18-11-16(12-21(31-6)23(18)32-7)13-22-24(29)28-25(30)33-22/h10-14H,8-9H2,1-7H3,(H,28,29,30)/b22-13+. The van der Waals surface area contributed by atoms with Crippen molar-refractivity contribution in [2.45, 2.75) is 58.3 Å². The van der Waals surface area contributed by atoms with Gasteiger partial charge in [0.15, 0.2) is 11.5 Å². The molecule has 0 saturated carbocycles. The van der Waals surface area contributed by atoms with Crippen LogP contribution in [0.3, 0.4) is 0 Å². The molecule has 1 aliphatic carbocycles. The van der Waals surface area contributed by atoms with Crippen LogP contribution in [0.25, 0.3) is 17.2 Å². The summed E-state index contributed by atoms with van der Waals surface area (Å²) in [6.07, 6.45) is 4.00. The van der Waals surface area contributed by atoms with Crippen molar-refractivity contribution in [3.63, 3.8) is 0 Å². The van der Waals surface area contributed by atoms with E-state index in [9.17, 15) is 9.59 Å². The molecular formula is C27H31NO4S. The average Bonchev–Trinajstić information content (AvgIpc) is 3.07. The van der Waals surface area contributed by atoms with Gasteiger partial charge in [0.25, 0.3) is 11.1 Å². The molecule has 0 aromatic heterocycles. The highest BCUT2D eigenvalue weighted by molar-refractivity contribution is 8.18. The van der Waals surface area contributed by atoms with Crippen molar-refractivity contribution in [2.24, 2.45) is 0 Å². The topological polar surface area (TPSA) is 64.6 Å². The smallest absolute Gasteiger partial charge is 0.290 e. The van der Waals surface area contributed by atoms with E-state index in [-0.39, 0.29) is 22.0 Å². The molecule has 2 aliphatic rings. The zero-order valence-corrected chi connectivity index (χ0v) is 21.2. The van der Waals surface area contributed by atoms with E-state index in [1.54, 1.807) is 20.3 Å². The van der Waals surface area contributed by atoms with E-state index in [0.29, 0.717) is 16.4 Å². The van der Waals surface area contributed by atoms with Crippen molar-refractivity contribution in [3.05, 3.63) is 51.4 Å². The number of carbonyl (C=O) groups is 2. The normalized spacial score (nSPS) is 19.9. The van der Waals surface area contributed by atoms with E-state index in [1.165, 1.54) is 11.1 Å². The molecular weight excluding hydrogens is 434 g/mol. The van der Waals surface area contributed by atoms with E-state index in [1.807, 2.05) is 12.1 Å². The van der Waals surface area contributed by atoms with Gasteiger partial charge in [-0.25, -0.2) is 0 Å². The molecule has 1 heterocycles. The fourth-order valence-corrected chi connectivity index (χ4v) is 5.54. The lowest BCUT2D eigenvalue weighted by Gasteiger charge is -2.42. The number of nitrogens with one attached hydrogen (secondary N) is 1. The summed E-state index contributed by atoms with van der Waals surface area (Å²) >= 11 is 0.904. The van der Waals surface area contributed by atoms with Crippen molar-refractivity contribution in [1.82, 2.24) is 5.32 Å². The molecule has 5 nitrogen and oxygen atoms in total. The van der Waals surface area contributed by atoms with Crippen LogP contribution in [-0.2, 0) is 15.6 Å². The molecule has 6 heteroatoms. The lowest BCUT2D eigenvalue weighted by Crippen LogP contribution is -2.34. The molecule has 0 atom stereocenters. The van der Waals surface area contributed by atoms with Gasteiger partial charge in [0, 0.05) is 5.56 Å². The highest BCUT2D eigenvalue weighted by Gasteiger charge is 2.37. The zero-order valence-electron chi connectivity index (χ0n) is 20.3. The van der Waals surface area contributed by atoms with Crippen molar-refractivity contribution in [2.75, 3.05) is 14.2 Å². The Kier molecular flexibility index (Phi) is 5.85. The fourth-order valence-electron chi connectivity index (χ4n) is 4.85. The molecule has 0 bridgehead atoms. The number of thioether (sulfide) groups is 1. The van der Waals surface area contributed by atoms with Gasteiger partial charge in [0.2, 0.25) is 0 Å². The van der Waals surface area contributed by atoms with Crippen LogP contribution in [0.2, 0.25) is 0 Å². The van der Waals surface area contributed by atoms with Gasteiger partial charge in [0.05, 0.1) is 19.1 Å². The van der Waals surface area contributed by atoms with Crippen LogP contribution in [0.1, 0.15) is 62.8 Å². The minimum Gasteiger partial charge on any atom is -0.493 e. The third-order valence-corrected chi connectivity index (χ3v) is 7.74. The zero-order chi connectivity index (χ0) is 24.1. The molecule has 1 saturated heterocycles. The third kappa shape index (κ3) is 4.17. The maximum absolute atomic E-state index is 12.1. The molecule has 33 heavy (non-hydrogen) atoms. The molecule has 2 aromatic rings. The number of ether oxygens (including phenoxy) is 2. The number of imide groups is 1. The van der Waals surface area contributed by atoms with Crippen LogP contribution >= 0.6 is 11.8 Å². The maximum Gasteiger partial charge on any atom is 0.290 e. The summed E-state index contributed by atoms with van der Waals surface area (Å²) < 4.78 is 11.4. The van der Waals surface area contributed by atoms with E-state index >= 15 is 0 Å². The second kappa shape index (κ2) is 8.24. The Hall–Kier alpha value is -2.73. The van der Waals surface area contributed by atoms with Crippen molar-refractivity contribution in [1.29, 1.82) is 0 Å². The first-order valence-corrected chi connectivity index (χ1v) is 12.0. The quantitative estimate of drug-likeness (QED) is 0.533. The number of methoxy groups -OCH3 is 2. The second-order valence-electron chi connectivity index (χ2n) is 10.1. The van der Waals surface area contributed by atoms with Gasteiger partial charge in [-0.3, -0.25) is 14.9 Å². The number of amides is 2. The summed E-state index contributed by atoms with van der Waals surface area (Å²) in [6.45, 7) is 11.4. The third-order valence-electron chi connectivity index (χ3n) is 6.93. The Labute approximate surface area is 199 Å². The molecule has 0 radical (unpaired) electrons. The van der Waals surface area contributed by atoms with Gasteiger partial charge in [-0.15, -0.1) is 0 Å². The van der Waals surface area contributed by atoms with Crippen LogP contribution in [0.15, 0.2) is 29.2 Å². The van der Waals surface area contributed by atoms with Crippen molar-refractivity contribution in [3.8, 4) is 22.6 Å². The average molecular weight is 466 g/mol. The van der Waals surface area contributed by atoms with E-state index in [4.69, 9.17) is 9.47 Å². The summed E-state index contributed by atoms with van der Waals surface area (Å²) in [7, 11) is 3.24. The second-order valence-corrected chi connectivity index (χ2v) is 11.2. The van der Waals surface area contributed by atoms with Gasteiger partial charge < -0.3 is 9.47 Å². The summed E-state index contributed by atoms with van der Waals surface area (Å²) in [5, 5.41) is 1.95. The van der Waals surface area contributed by atoms with Crippen LogP contribution in [0.5, 0.6) is 11.5 Å². The molecule has 0 spiro atoms. The number of hydrogen-bond donors (Lipinski definition) is 1. The molecule has 0 unspecified atom stereocenters. The summed E-state index contributed by atoms with van der Waals surface area (Å²) in [5.41, 5.74) is 6.87. The first-order valence-electron chi connectivity index (χ1n) is 11.1. The molecule has 1 N–H and O–H groups in total. The first-order chi connectivity index (χ1) is 15.5. The summed E-state index contributed by atoms with van der Waals surface area (Å²) in [4.78, 5) is 24.1. The van der Waals surface area contributed by atoms with Crippen LogP contribution < -0.4 is 14.8 Å². The number of aryl methyl sites for hydroxylation is 1. The van der Waals surface area contributed by atoms with Gasteiger partial charge in [-0.05, 0) is 94.4 Å². The predicted molar refractivity (Wildman–Crippen MR) is 134 cm³/mol. The first kappa shape index (κ1) is 23.4. The van der Waals surface area contributed by atoms with Gasteiger partial charge >= 0.3 is 0 Å². The monoisotopic (exact) mass is 465 g/mol. The Morgan fingerprint density at radius 2 is 1.55 bits per heavy atom. The fraction of sp³-hybridized carbons (Fsp3) is 0.407. The molecule has 4 rings (SSSR count). The minimum absolute atomic E-state index is 0.0726. The molecule has 1 fully saturated rings. The Morgan fingerprint density at radius 1 is 0.909 bits per heavy atom. The van der Waals surface area contributed by atoms with Crippen LogP contribution in [-0.4, -0.2) is 25.4 Å². The van der Waals surface area contributed by atoms with Gasteiger partial charge in [-0.2, -0.15) is 0 Å². The predicted octanol–water partition coefficient (Wildman–Crippen LogP) is 6.35. The maximum atomic E-state index is 12.1. The molecule has 2 amide bonds.